The third-order valence-corrected chi connectivity index (χ3v) is 6.82. The summed E-state index contributed by atoms with van der Waals surface area (Å²) >= 11 is 6.17. The SMILES string of the molecule is O=C(c1cc2ccccc2c(CN2CCN(c3cccc(Cl)c3)CC2)c1O)N1CCOCC1. The van der Waals surface area contributed by atoms with Crippen molar-refractivity contribution in [2.24, 2.45) is 0 Å². The second kappa shape index (κ2) is 9.59. The predicted molar refractivity (Wildman–Crippen MR) is 131 cm³/mol. The van der Waals surface area contributed by atoms with Crippen LogP contribution in [0.5, 0.6) is 5.75 Å². The summed E-state index contributed by atoms with van der Waals surface area (Å²) in [5.74, 6) is -0.0314. The highest BCUT2D eigenvalue weighted by molar-refractivity contribution is 6.30. The summed E-state index contributed by atoms with van der Waals surface area (Å²) in [5.41, 5.74) is 2.33. The molecule has 0 bridgehead atoms. The number of morpholine rings is 1. The van der Waals surface area contributed by atoms with Crippen LogP contribution in [0.1, 0.15) is 15.9 Å². The second-order valence-electron chi connectivity index (χ2n) is 8.62. The Morgan fingerprint density at radius 1 is 0.939 bits per heavy atom. The summed E-state index contributed by atoms with van der Waals surface area (Å²) < 4.78 is 5.38. The zero-order chi connectivity index (χ0) is 22.8. The van der Waals surface area contributed by atoms with Crippen molar-refractivity contribution in [2.75, 3.05) is 57.4 Å². The average Bonchev–Trinajstić information content (AvgIpc) is 2.86. The fourth-order valence-corrected chi connectivity index (χ4v) is 4.92. The number of carbonyl (C=O) groups is 1. The number of aromatic hydroxyl groups is 1. The van der Waals surface area contributed by atoms with Crippen molar-refractivity contribution in [2.45, 2.75) is 6.54 Å². The monoisotopic (exact) mass is 465 g/mol. The smallest absolute Gasteiger partial charge is 0.257 e. The highest BCUT2D eigenvalue weighted by atomic mass is 35.5. The van der Waals surface area contributed by atoms with Crippen molar-refractivity contribution >= 4 is 34.0 Å². The van der Waals surface area contributed by atoms with Crippen LogP contribution in [0.2, 0.25) is 5.02 Å². The van der Waals surface area contributed by atoms with Crippen molar-refractivity contribution in [3.8, 4) is 5.75 Å². The van der Waals surface area contributed by atoms with Gasteiger partial charge in [-0.25, -0.2) is 0 Å². The largest absolute Gasteiger partial charge is 0.507 e. The molecule has 0 atom stereocenters. The van der Waals surface area contributed by atoms with E-state index in [1.165, 1.54) is 0 Å². The number of rotatable bonds is 4. The Labute approximate surface area is 198 Å². The highest BCUT2D eigenvalue weighted by Crippen LogP contribution is 2.34. The third-order valence-electron chi connectivity index (χ3n) is 6.58. The highest BCUT2D eigenvalue weighted by Gasteiger charge is 2.26. The molecule has 2 fully saturated rings. The van der Waals surface area contributed by atoms with Gasteiger partial charge in [0.05, 0.1) is 18.8 Å². The summed E-state index contributed by atoms with van der Waals surface area (Å²) in [6.45, 7) is 6.24. The fourth-order valence-electron chi connectivity index (χ4n) is 4.73. The topological polar surface area (TPSA) is 56.2 Å². The van der Waals surface area contributed by atoms with Gasteiger partial charge in [0.15, 0.2) is 0 Å². The summed E-state index contributed by atoms with van der Waals surface area (Å²) in [4.78, 5) is 19.7. The number of fused-ring (bicyclic) bond motifs is 1. The normalized spacial score (nSPS) is 17.5. The van der Waals surface area contributed by atoms with Crippen molar-refractivity contribution < 1.29 is 14.6 Å². The maximum Gasteiger partial charge on any atom is 0.257 e. The van der Waals surface area contributed by atoms with E-state index in [2.05, 4.69) is 15.9 Å². The van der Waals surface area contributed by atoms with E-state index in [1.54, 1.807) is 4.90 Å². The molecule has 0 saturated carbocycles. The van der Waals surface area contributed by atoms with Crippen molar-refractivity contribution in [1.82, 2.24) is 9.80 Å². The van der Waals surface area contributed by atoms with Crippen LogP contribution in [0.3, 0.4) is 0 Å². The zero-order valence-corrected chi connectivity index (χ0v) is 19.3. The van der Waals surface area contributed by atoms with E-state index in [0.29, 0.717) is 38.4 Å². The van der Waals surface area contributed by atoms with E-state index in [0.717, 1.165) is 53.2 Å². The predicted octanol–water partition coefficient (Wildman–Crippen LogP) is 3.99. The minimum absolute atomic E-state index is 0.0995. The summed E-state index contributed by atoms with van der Waals surface area (Å²) in [6, 6.07) is 17.7. The number of phenolic OH excluding ortho intramolecular Hbond substituents is 1. The van der Waals surface area contributed by atoms with Gasteiger partial charge < -0.3 is 19.6 Å². The molecule has 0 aromatic heterocycles. The average molecular weight is 466 g/mol. The summed E-state index contributed by atoms with van der Waals surface area (Å²) in [5, 5.41) is 14.0. The lowest BCUT2D eigenvalue weighted by Crippen LogP contribution is -2.46. The molecule has 3 aromatic carbocycles. The van der Waals surface area contributed by atoms with E-state index < -0.39 is 0 Å². The first kappa shape index (κ1) is 22.0. The van der Waals surface area contributed by atoms with Gasteiger partial charge in [0.2, 0.25) is 0 Å². The van der Waals surface area contributed by atoms with Gasteiger partial charge in [-0.15, -0.1) is 0 Å². The van der Waals surface area contributed by atoms with Crippen LogP contribution in [0.15, 0.2) is 54.6 Å². The van der Waals surface area contributed by atoms with Crippen LogP contribution in [-0.4, -0.2) is 73.3 Å². The van der Waals surface area contributed by atoms with Gasteiger partial charge in [0.25, 0.3) is 5.91 Å². The maximum atomic E-state index is 13.2. The Balaban J connectivity index is 1.38. The number of phenols is 1. The number of ether oxygens (including phenoxy) is 1. The Morgan fingerprint density at radius 2 is 1.70 bits per heavy atom. The standard InChI is InChI=1S/C26H28ClN3O3/c27-20-5-3-6-21(17-20)29-10-8-28(9-11-29)18-24-22-7-2-1-4-19(22)16-23(25(24)31)26(32)30-12-14-33-15-13-30/h1-7,16-17,31H,8-15,18H2. The first-order chi connectivity index (χ1) is 16.1. The third kappa shape index (κ3) is 4.64. The number of halogens is 1. The molecule has 2 aliphatic heterocycles. The number of amides is 1. The lowest BCUT2D eigenvalue weighted by Gasteiger charge is -2.36. The molecule has 0 radical (unpaired) electrons. The minimum Gasteiger partial charge on any atom is -0.507 e. The summed E-state index contributed by atoms with van der Waals surface area (Å²) in [6.07, 6.45) is 0. The van der Waals surface area contributed by atoms with Crippen molar-refractivity contribution in [3.05, 3.63) is 70.7 Å². The molecule has 2 saturated heterocycles. The number of benzene rings is 3. The molecule has 0 aliphatic carbocycles. The number of nitrogens with zero attached hydrogens (tertiary/aromatic N) is 3. The first-order valence-corrected chi connectivity index (χ1v) is 11.8. The van der Waals surface area contributed by atoms with Gasteiger partial charge >= 0.3 is 0 Å². The molecule has 172 valence electrons. The number of carbonyl (C=O) groups excluding carboxylic acids is 1. The molecule has 3 aromatic rings. The van der Waals surface area contributed by atoms with Gasteiger partial charge in [-0.3, -0.25) is 9.69 Å². The van der Waals surface area contributed by atoms with Crippen LogP contribution < -0.4 is 4.90 Å². The van der Waals surface area contributed by atoms with E-state index >= 15 is 0 Å². The molecule has 0 unspecified atom stereocenters. The van der Waals surface area contributed by atoms with Gasteiger partial charge in [-0.2, -0.15) is 0 Å². The number of piperazine rings is 1. The molecule has 6 nitrogen and oxygen atoms in total. The van der Waals surface area contributed by atoms with Crippen molar-refractivity contribution in [1.29, 1.82) is 0 Å². The van der Waals surface area contributed by atoms with Crippen LogP contribution in [0.25, 0.3) is 10.8 Å². The molecule has 5 rings (SSSR count). The molecule has 1 amide bonds. The van der Waals surface area contributed by atoms with Gasteiger partial charge in [-0.1, -0.05) is 41.9 Å². The van der Waals surface area contributed by atoms with E-state index in [-0.39, 0.29) is 11.7 Å². The molecule has 2 heterocycles. The molecule has 33 heavy (non-hydrogen) atoms. The zero-order valence-electron chi connectivity index (χ0n) is 18.5. The van der Waals surface area contributed by atoms with E-state index in [1.807, 2.05) is 48.5 Å². The van der Waals surface area contributed by atoms with Gasteiger partial charge in [0.1, 0.15) is 5.75 Å². The number of anilines is 1. The van der Waals surface area contributed by atoms with Crippen LogP contribution >= 0.6 is 11.6 Å². The molecule has 0 spiro atoms. The van der Waals surface area contributed by atoms with Crippen LogP contribution in [-0.2, 0) is 11.3 Å². The molecular formula is C26H28ClN3O3. The minimum atomic E-state index is -0.131. The Hall–Kier alpha value is -2.80. The quantitative estimate of drug-likeness (QED) is 0.631. The second-order valence-corrected chi connectivity index (χ2v) is 9.06. The lowest BCUT2D eigenvalue weighted by molar-refractivity contribution is 0.0301. The van der Waals surface area contributed by atoms with Crippen LogP contribution in [0, 0.1) is 0 Å². The molecule has 7 heteroatoms. The Morgan fingerprint density at radius 3 is 2.45 bits per heavy atom. The first-order valence-electron chi connectivity index (χ1n) is 11.4. The maximum absolute atomic E-state index is 13.2. The molecule has 1 N–H and O–H groups in total. The number of hydrogen-bond donors (Lipinski definition) is 1. The van der Waals surface area contributed by atoms with E-state index in [4.69, 9.17) is 16.3 Å². The van der Waals surface area contributed by atoms with E-state index in [9.17, 15) is 9.90 Å². The number of hydrogen-bond acceptors (Lipinski definition) is 5. The van der Waals surface area contributed by atoms with Crippen molar-refractivity contribution in [3.63, 3.8) is 0 Å². The lowest BCUT2D eigenvalue weighted by atomic mass is 9.97. The Bertz CT molecular complexity index is 1150. The molecule has 2 aliphatic rings. The fraction of sp³-hybridized carbons (Fsp3) is 0.346. The van der Waals surface area contributed by atoms with Gasteiger partial charge in [-0.05, 0) is 35.0 Å². The molecular weight excluding hydrogens is 438 g/mol. The Kier molecular flexibility index (Phi) is 6.40. The van der Waals surface area contributed by atoms with Crippen LogP contribution in [0.4, 0.5) is 5.69 Å². The van der Waals surface area contributed by atoms with Gasteiger partial charge in [0, 0.05) is 62.1 Å². The summed E-state index contributed by atoms with van der Waals surface area (Å²) in [7, 11) is 0.